The molecule has 0 spiro atoms. The molecular formula is C49H36N2S2. The molecule has 0 saturated heterocycles. The normalized spacial score (nSPS) is 12.0. The third-order valence-corrected chi connectivity index (χ3v) is 12.0. The minimum absolute atomic E-state index is 1.01. The first-order valence-electron chi connectivity index (χ1n) is 17.8. The summed E-state index contributed by atoms with van der Waals surface area (Å²) in [7, 11) is 0. The van der Waals surface area contributed by atoms with Crippen LogP contribution in [0.1, 0.15) is 6.92 Å². The molecule has 0 radical (unpaired) electrons. The van der Waals surface area contributed by atoms with Crippen LogP contribution in [0.3, 0.4) is 0 Å². The second kappa shape index (κ2) is 14.1. The maximum Gasteiger partial charge on any atom is 0.0554 e. The standard InChI is InChI=1S/C49H36N2S2/c1-3-5-17-36(4-2)50(37-18-10-7-11-19-37)40-28-30-42-48(33-40)53-47-23-14-21-44(49(42)47)51(38-26-24-35(25-27-38)34-15-8-6-9-16-34)39-29-31-46-43(32-39)41-20-12-13-22-45(41)52-46/h3-33H,2H2,1H3/b5-3-,36-17+. The van der Waals surface area contributed by atoms with Gasteiger partial charge < -0.3 is 9.80 Å². The first kappa shape index (κ1) is 32.7. The summed E-state index contributed by atoms with van der Waals surface area (Å²) in [6.07, 6.45) is 8.15. The van der Waals surface area contributed by atoms with Gasteiger partial charge in [-0.15, -0.1) is 22.7 Å². The molecule has 0 fully saturated rings. The Labute approximate surface area is 318 Å². The lowest BCUT2D eigenvalue weighted by Gasteiger charge is -2.27. The van der Waals surface area contributed by atoms with Crippen molar-refractivity contribution in [3.05, 3.63) is 200 Å². The van der Waals surface area contributed by atoms with Gasteiger partial charge in [-0.05, 0) is 103 Å². The number of thiophene rings is 2. The predicted molar refractivity (Wildman–Crippen MR) is 234 cm³/mol. The van der Waals surface area contributed by atoms with Crippen LogP contribution in [0.15, 0.2) is 200 Å². The number of benzene rings is 7. The molecule has 0 aliphatic heterocycles. The van der Waals surface area contributed by atoms with Crippen LogP contribution in [0, 0.1) is 0 Å². The highest BCUT2D eigenvalue weighted by Gasteiger charge is 2.21. The lowest BCUT2D eigenvalue weighted by Crippen LogP contribution is -2.14. The van der Waals surface area contributed by atoms with Crippen molar-refractivity contribution in [1.29, 1.82) is 0 Å². The van der Waals surface area contributed by atoms with Crippen LogP contribution in [0.2, 0.25) is 0 Å². The number of allylic oxidation sites excluding steroid dienone is 4. The van der Waals surface area contributed by atoms with Crippen molar-refractivity contribution in [2.75, 3.05) is 9.80 Å². The second-order valence-electron chi connectivity index (χ2n) is 13.0. The molecule has 0 saturated carbocycles. The molecule has 53 heavy (non-hydrogen) atoms. The number of nitrogens with zero attached hydrogens (tertiary/aromatic N) is 2. The zero-order valence-electron chi connectivity index (χ0n) is 29.3. The van der Waals surface area contributed by atoms with Gasteiger partial charge in [-0.25, -0.2) is 0 Å². The van der Waals surface area contributed by atoms with E-state index in [-0.39, 0.29) is 0 Å². The van der Waals surface area contributed by atoms with E-state index in [1.165, 1.54) is 51.5 Å². The van der Waals surface area contributed by atoms with E-state index >= 15 is 0 Å². The third kappa shape index (κ3) is 6.02. The SMILES string of the molecule is C=C/C(=C\C=C/C)N(c1ccccc1)c1ccc2c(c1)sc1cccc(N(c3ccc(-c4ccccc4)cc3)c3ccc4sc5ccccc5c4c3)c12. The van der Waals surface area contributed by atoms with Gasteiger partial charge in [0, 0.05) is 68.8 Å². The summed E-state index contributed by atoms with van der Waals surface area (Å²) in [6, 6.07) is 59.4. The lowest BCUT2D eigenvalue weighted by molar-refractivity contribution is 1.21. The van der Waals surface area contributed by atoms with Gasteiger partial charge >= 0.3 is 0 Å². The third-order valence-electron chi connectivity index (χ3n) is 9.75. The number of rotatable bonds is 9. The van der Waals surface area contributed by atoms with Gasteiger partial charge in [0.2, 0.25) is 0 Å². The van der Waals surface area contributed by atoms with Crippen LogP contribution in [-0.2, 0) is 0 Å². The maximum atomic E-state index is 4.18. The van der Waals surface area contributed by atoms with Gasteiger partial charge in [-0.3, -0.25) is 0 Å². The summed E-state index contributed by atoms with van der Waals surface area (Å²) < 4.78 is 5.09. The first-order valence-corrected chi connectivity index (χ1v) is 19.5. The fraction of sp³-hybridized carbons (Fsp3) is 0.0204. The number of anilines is 5. The quantitative estimate of drug-likeness (QED) is 0.137. The average Bonchev–Trinajstić information content (AvgIpc) is 3.78. The second-order valence-corrected chi connectivity index (χ2v) is 15.1. The Morgan fingerprint density at radius 3 is 1.96 bits per heavy atom. The minimum Gasteiger partial charge on any atom is -0.310 e. The fourth-order valence-electron chi connectivity index (χ4n) is 7.29. The number of hydrogen-bond acceptors (Lipinski definition) is 4. The molecule has 4 heteroatoms. The molecule has 0 aliphatic carbocycles. The van der Waals surface area contributed by atoms with E-state index < -0.39 is 0 Å². The topological polar surface area (TPSA) is 6.48 Å². The van der Waals surface area contributed by atoms with E-state index in [0.717, 1.165) is 34.1 Å². The molecule has 0 atom stereocenters. The van der Waals surface area contributed by atoms with Gasteiger partial charge in [0.25, 0.3) is 0 Å². The van der Waals surface area contributed by atoms with Crippen LogP contribution in [0.4, 0.5) is 28.4 Å². The summed E-state index contributed by atoms with van der Waals surface area (Å²) in [5.74, 6) is 0. The highest BCUT2D eigenvalue weighted by Crippen LogP contribution is 2.47. The Morgan fingerprint density at radius 1 is 0.509 bits per heavy atom. The van der Waals surface area contributed by atoms with Crippen molar-refractivity contribution < 1.29 is 0 Å². The predicted octanol–water partition coefficient (Wildman–Crippen LogP) is 15.3. The number of hydrogen-bond donors (Lipinski definition) is 0. The monoisotopic (exact) mass is 716 g/mol. The van der Waals surface area contributed by atoms with Crippen LogP contribution in [0.25, 0.3) is 51.5 Å². The molecule has 0 bridgehead atoms. The van der Waals surface area contributed by atoms with Crippen LogP contribution < -0.4 is 9.80 Å². The molecule has 254 valence electrons. The van der Waals surface area contributed by atoms with Crippen molar-refractivity contribution in [3.8, 4) is 11.1 Å². The van der Waals surface area contributed by atoms with Crippen molar-refractivity contribution in [2.24, 2.45) is 0 Å². The van der Waals surface area contributed by atoms with E-state index in [9.17, 15) is 0 Å². The molecule has 9 aromatic rings. The smallest absolute Gasteiger partial charge is 0.0554 e. The zero-order chi connectivity index (χ0) is 35.7. The molecule has 2 aromatic heterocycles. The van der Waals surface area contributed by atoms with Crippen molar-refractivity contribution >= 4 is 91.5 Å². The van der Waals surface area contributed by atoms with Crippen molar-refractivity contribution in [2.45, 2.75) is 6.92 Å². The molecule has 0 unspecified atom stereocenters. The summed E-state index contributed by atoms with van der Waals surface area (Å²) in [4.78, 5) is 4.72. The molecule has 9 rings (SSSR count). The molecule has 2 heterocycles. The van der Waals surface area contributed by atoms with Gasteiger partial charge in [0.1, 0.15) is 0 Å². The van der Waals surface area contributed by atoms with Crippen LogP contribution in [0.5, 0.6) is 0 Å². The lowest BCUT2D eigenvalue weighted by atomic mass is 10.0. The Bertz CT molecular complexity index is 2810. The molecule has 0 amide bonds. The highest BCUT2D eigenvalue weighted by atomic mass is 32.1. The molecule has 0 aliphatic rings. The van der Waals surface area contributed by atoms with Gasteiger partial charge in [-0.2, -0.15) is 0 Å². The first-order chi connectivity index (χ1) is 26.2. The van der Waals surface area contributed by atoms with Gasteiger partial charge in [0.15, 0.2) is 0 Å². The number of para-hydroxylation sites is 1. The molecule has 2 nitrogen and oxygen atoms in total. The van der Waals surface area contributed by atoms with Crippen LogP contribution >= 0.6 is 22.7 Å². The summed E-state index contributed by atoms with van der Waals surface area (Å²) in [5, 5.41) is 5.07. The Hall–Kier alpha value is -6.20. The molecule has 0 N–H and O–H groups in total. The largest absolute Gasteiger partial charge is 0.310 e. The zero-order valence-corrected chi connectivity index (χ0v) is 30.9. The molecule has 7 aromatic carbocycles. The van der Waals surface area contributed by atoms with E-state index in [1.807, 2.05) is 41.7 Å². The van der Waals surface area contributed by atoms with E-state index in [0.29, 0.717) is 0 Å². The Balaban J connectivity index is 1.24. The highest BCUT2D eigenvalue weighted by molar-refractivity contribution is 7.26. The fourth-order valence-corrected chi connectivity index (χ4v) is 9.53. The average molecular weight is 717 g/mol. The van der Waals surface area contributed by atoms with Crippen molar-refractivity contribution in [1.82, 2.24) is 0 Å². The molecular weight excluding hydrogens is 681 g/mol. The summed E-state index contributed by atoms with van der Waals surface area (Å²) in [5.41, 5.74) is 9.02. The van der Waals surface area contributed by atoms with E-state index in [1.54, 1.807) is 0 Å². The minimum atomic E-state index is 1.01. The Kier molecular flexibility index (Phi) is 8.68. The van der Waals surface area contributed by atoms with Crippen molar-refractivity contribution in [3.63, 3.8) is 0 Å². The van der Waals surface area contributed by atoms with E-state index in [4.69, 9.17) is 0 Å². The summed E-state index contributed by atoms with van der Waals surface area (Å²) in [6.45, 7) is 6.21. The van der Waals surface area contributed by atoms with Crippen LogP contribution in [-0.4, -0.2) is 0 Å². The maximum absolute atomic E-state index is 4.18. The van der Waals surface area contributed by atoms with Gasteiger partial charge in [-0.1, -0.05) is 110 Å². The Morgan fingerprint density at radius 2 is 1.17 bits per heavy atom. The van der Waals surface area contributed by atoms with E-state index in [2.05, 4.69) is 192 Å². The van der Waals surface area contributed by atoms with Gasteiger partial charge in [0.05, 0.1) is 5.69 Å². The number of fused-ring (bicyclic) bond motifs is 6. The summed E-state index contributed by atoms with van der Waals surface area (Å²) >= 11 is 3.70.